The van der Waals surface area contributed by atoms with Gasteiger partial charge in [0.2, 0.25) is 0 Å². The number of hydrogen-bond donors (Lipinski definition) is 1. The van der Waals surface area contributed by atoms with Gasteiger partial charge in [-0.2, -0.15) is 5.10 Å². The van der Waals surface area contributed by atoms with E-state index >= 15 is 0 Å². The SMILES string of the molecule is COc1cn(-c2ccccc2)nc1C(=O)NC(C)c1ccc(OC(F)(F)F)cc1. The molecule has 6 nitrogen and oxygen atoms in total. The molecule has 0 aliphatic heterocycles. The van der Waals surface area contributed by atoms with Crippen molar-refractivity contribution in [1.82, 2.24) is 15.1 Å². The van der Waals surface area contributed by atoms with Crippen molar-refractivity contribution in [2.24, 2.45) is 0 Å². The van der Waals surface area contributed by atoms with E-state index in [2.05, 4.69) is 15.2 Å². The molecule has 152 valence electrons. The molecule has 0 radical (unpaired) electrons. The summed E-state index contributed by atoms with van der Waals surface area (Å²) in [5.74, 6) is -0.504. The van der Waals surface area contributed by atoms with E-state index in [1.165, 1.54) is 36.1 Å². The fraction of sp³-hybridized carbons (Fsp3) is 0.200. The molecule has 1 N–H and O–H groups in total. The quantitative estimate of drug-likeness (QED) is 0.665. The topological polar surface area (TPSA) is 65.4 Å². The molecule has 0 bridgehead atoms. The molecule has 3 rings (SSSR count). The first-order valence-electron chi connectivity index (χ1n) is 8.62. The summed E-state index contributed by atoms with van der Waals surface area (Å²) >= 11 is 0. The van der Waals surface area contributed by atoms with Gasteiger partial charge in [0.05, 0.1) is 25.0 Å². The van der Waals surface area contributed by atoms with Crippen LogP contribution in [0.5, 0.6) is 11.5 Å². The first-order chi connectivity index (χ1) is 13.8. The van der Waals surface area contributed by atoms with Crippen LogP contribution in [-0.2, 0) is 0 Å². The van der Waals surface area contributed by atoms with Crippen molar-refractivity contribution in [3.63, 3.8) is 0 Å². The standard InChI is InChI=1S/C20H18F3N3O3/c1-13(14-8-10-16(11-9-14)29-20(21,22)23)24-19(27)18-17(28-2)12-26(25-18)15-6-4-3-5-7-15/h3-13H,1-2H3,(H,24,27). The molecule has 3 aromatic rings. The Kier molecular flexibility index (Phi) is 5.76. The van der Waals surface area contributed by atoms with Gasteiger partial charge in [-0.3, -0.25) is 4.79 Å². The van der Waals surface area contributed by atoms with Gasteiger partial charge in [0, 0.05) is 0 Å². The highest BCUT2D eigenvalue weighted by atomic mass is 19.4. The van der Waals surface area contributed by atoms with E-state index in [-0.39, 0.29) is 11.4 Å². The second-order valence-corrected chi connectivity index (χ2v) is 6.14. The van der Waals surface area contributed by atoms with Crippen LogP contribution in [0, 0.1) is 0 Å². The number of aromatic nitrogens is 2. The number of carbonyl (C=O) groups is 1. The van der Waals surface area contributed by atoms with Crippen LogP contribution in [0.15, 0.2) is 60.8 Å². The molecule has 1 unspecified atom stereocenters. The molecule has 0 aliphatic carbocycles. The molecule has 0 spiro atoms. The summed E-state index contributed by atoms with van der Waals surface area (Å²) in [6.45, 7) is 1.71. The van der Waals surface area contributed by atoms with Crippen LogP contribution in [0.25, 0.3) is 5.69 Å². The van der Waals surface area contributed by atoms with Crippen molar-refractivity contribution in [3.05, 3.63) is 72.1 Å². The predicted octanol–water partition coefficient (Wildman–Crippen LogP) is 4.27. The van der Waals surface area contributed by atoms with Gasteiger partial charge in [0.15, 0.2) is 11.4 Å². The van der Waals surface area contributed by atoms with Crippen LogP contribution in [0.3, 0.4) is 0 Å². The Bertz CT molecular complexity index is 970. The van der Waals surface area contributed by atoms with Gasteiger partial charge in [0.1, 0.15) is 5.75 Å². The number of nitrogens with zero attached hydrogens (tertiary/aromatic N) is 2. The molecule has 1 aromatic heterocycles. The summed E-state index contributed by atoms with van der Waals surface area (Å²) in [4.78, 5) is 12.7. The zero-order valence-corrected chi connectivity index (χ0v) is 15.6. The lowest BCUT2D eigenvalue weighted by molar-refractivity contribution is -0.274. The first-order valence-corrected chi connectivity index (χ1v) is 8.62. The predicted molar refractivity (Wildman–Crippen MR) is 99.1 cm³/mol. The lowest BCUT2D eigenvalue weighted by atomic mass is 10.1. The number of carbonyl (C=O) groups excluding carboxylic acids is 1. The molecule has 1 amide bonds. The second-order valence-electron chi connectivity index (χ2n) is 6.14. The normalized spacial score (nSPS) is 12.3. The van der Waals surface area contributed by atoms with Crippen molar-refractivity contribution in [1.29, 1.82) is 0 Å². The van der Waals surface area contributed by atoms with Crippen molar-refractivity contribution >= 4 is 5.91 Å². The van der Waals surface area contributed by atoms with E-state index < -0.39 is 18.3 Å². The maximum atomic E-state index is 12.7. The highest BCUT2D eigenvalue weighted by molar-refractivity contribution is 5.95. The Labute approximate surface area is 164 Å². The smallest absolute Gasteiger partial charge is 0.493 e. The number of amides is 1. The van der Waals surface area contributed by atoms with Crippen molar-refractivity contribution in [2.45, 2.75) is 19.3 Å². The number of rotatable bonds is 6. The average molecular weight is 405 g/mol. The Morgan fingerprint density at radius 1 is 1.10 bits per heavy atom. The highest BCUT2D eigenvalue weighted by Gasteiger charge is 2.31. The van der Waals surface area contributed by atoms with Crippen LogP contribution in [0.1, 0.15) is 29.0 Å². The minimum Gasteiger partial charge on any atom is -0.493 e. The zero-order chi connectivity index (χ0) is 21.0. The van der Waals surface area contributed by atoms with Crippen molar-refractivity contribution < 1.29 is 27.4 Å². The van der Waals surface area contributed by atoms with Gasteiger partial charge >= 0.3 is 6.36 Å². The fourth-order valence-electron chi connectivity index (χ4n) is 2.68. The summed E-state index contributed by atoms with van der Waals surface area (Å²) in [5.41, 5.74) is 1.47. The Morgan fingerprint density at radius 2 is 1.76 bits per heavy atom. The van der Waals surface area contributed by atoms with Gasteiger partial charge in [-0.15, -0.1) is 13.2 Å². The molecule has 1 atom stereocenters. The third-order valence-electron chi connectivity index (χ3n) is 4.10. The Morgan fingerprint density at radius 3 is 2.34 bits per heavy atom. The molecule has 0 fully saturated rings. The molecular formula is C20H18F3N3O3. The van der Waals surface area contributed by atoms with Gasteiger partial charge in [0.25, 0.3) is 5.91 Å². The van der Waals surface area contributed by atoms with E-state index in [0.29, 0.717) is 11.3 Å². The minimum atomic E-state index is -4.75. The number of methoxy groups -OCH3 is 1. The summed E-state index contributed by atoms with van der Waals surface area (Å²) in [7, 11) is 1.44. The summed E-state index contributed by atoms with van der Waals surface area (Å²) in [6.07, 6.45) is -3.16. The number of ether oxygens (including phenoxy) is 2. The number of nitrogens with one attached hydrogen (secondary N) is 1. The van der Waals surface area contributed by atoms with Crippen molar-refractivity contribution in [2.75, 3.05) is 7.11 Å². The molecule has 0 saturated carbocycles. The molecular weight excluding hydrogens is 387 g/mol. The summed E-state index contributed by atoms with van der Waals surface area (Å²) in [5, 5.41) is 7.05. The lowest BCUT2D eigenvalue weighted by Gasteiger charge is -2.15. The number of benzene rings is 2. The number of hydrogen-bond acceptors (Lipinski definition) is 4. The highest BCUT2D eigenvalue weighted by Crippen LogP contribution is 2.25. The number of para-hydroxylation sites is 1. The Balaban J connectivity index is 1.73. The molecule has 29 heavy (non-hydrogen) atoms. The largest absolute Gasteiger partial charge is 0.573 e. The van der Waals surface area contributed by atoms with Crippen LogP contribution in [0.2, 0.25) is 0 Å². The molecule has 1 heterocycles. The zero-order valence-electron chi connectivity index (χ0n) is 15.6. The van der Waals surface area contributed by atoms with Gasteiger partial charge in [-0.25, -0.2) is 4.68 Å². The third-order valence-corrected chi connectivity index (χ3v) is 4.10. The summed E-state index contributed by atoms with van der Waals surface area (Å²) < 4.78 is 47.4. The maximum absolute atomic E-state index is 12.7. The first kappa shape index (κ1) is 20.2. The monoisotopic (exact) mass is 405 g/mol. The Hall–Kier alpha value is -3.49. The molecule has 2 aromatic carbocycles. The fourth-order valence-corrected chi connectivity index (χ4v) is 2.68. The number of halogens is 3. The van der Waals surface area contributed by atoms with E-state index in [1.54, 1.807) is 13.1 Å². The van der Waals surface area contributed by atoms with Gasteiger partial charge < -0.3 is 14.8 Å². The second kappa shape index (κ2) is 8.26. The average Bonchev–Trinajstić information content (AvgIpc) is 3.12. The maximum Gasteiger partial charge on any atom is 0.573 e. The van der Waals surface area contributed by atoms with Crippen molar-refractivity contribution in [3.8, 4) is 17.2 Å². The molecule has 0 aliphatic rings. The molecule has 9 heteroatoms. The van der Waals surface area contributed by atoms with E-state index in [4.69, 9.17) is 4.74 Å². The van der Waals surface area contributed by atoms with E-state index in [9.17, 15) is 18.0 Å². The minimum absolute atomic E-state index is 0.0974. The van der Waals surface area contributed by atoms with Crippen LogP contribution >= 0.6 is 0 Å². The molecule has 0 saturated heterocycles. The lowest BCUT2D eigenvalue weighted by Crippen LogP contribution is -2.27. The van der Waals surface area contributed by atoms with Crippen LogP contribution in [0.4, 0.5) is 13.2 Å². The summed E-state index contributed by atoms with van der Waals surface area (Å²) in [6, 6.07) is 14.0. The number of alkyl halides is 3. The van der Waals surface area contributed by atoms with Crippen LogP contribution < -0.4 is 14.8 Å². The van der Waals surface area contributed by atoms with Gasteiger partial charge in [-0.05, 0) is 36.8 Å². The van der Waals surface area contributed by atoms with Crippen LogP contribution in [-0.4, -0.2) is 29.2 Å². The van der Waals surface area contributed by atoms with Gasteiger partial charge in [-0.1, -0.05) is 30.3 Å². The van der Waals surface area contributed by atoms with E-state index in [1.807, 2.05) is 30.3 Å². The third kappa shape index (κ3) is 5.07. The van der Waals surface area contributed by atoms with E-state index in [0.717, 1.165) is 5.69 Å².